The molecule has 0 atom stereocenters. The van der Waals surface area contributed by atoms with Crippen molar-refractivity contribution in [3.05, 3.63) is 39.9 Å². The molecule has 0 spiro atoms. The van der Waals surface area contributed by atoms with Crippen LogP contribution in [0.15, 0.2) is 24.2 Å². The number of esters is 1. The first-order valence-corrected chi connectivity index (χ1v) is 4.13. The molecule has 1 rings (SSSR count). The minimum atomic E-state index is -0.967. The van der Waals surface area contributed by atoms with E-state index in [0.29, 0.717) is 0 Å². The first-order chi connectivity index (χ1) is 7.56. The lowest BCUT2D eigenvalue weighted by atomic mass is 10.2. The zero-order valence-electron chi connectivity index (χ0n) is 8.28. The van der Waals surface area contributed by atoms with Gasteiger partial charge in [0.1, 0.15) is 6.20 Å². The molecule has 0 saturated carbocycles. The minimum absolute atomic E-state index is 0.0721. The van der Waals surface area contributed by atoms with Gasteiger partial charge in [0.15, 0.2) is 0 Å². The van der Waals surface area contributed by atoms with E-state index in [1.165, 1.54) is 12.3 Å². The number of aromatic nitrogens is 1. The molecular formula is C9H8N2O5. The fraction of sp³-hybridized carbons (Fsp3) is 0.111. The van der Waals surface area contributed by atoms with Crippen LogP contribution in [0, 0.1) is 10.1 Å². The molecule has 0 bridgehead atoms. The van der Waals surface area contributed by atoms with Crippen molar-refractivity contribution in [1.82, 2.24) is 4.98 Å². The predicted molar refractivity (Wildman–Crippen MR) is 53.5 cm³/mol. The van der Waals surface area contributed by atoms with E-state index in [1.807, 2.05) is 0 Å². The number of aliphatic hydroxyl groups excluding tert-OH is 1. The fourth-order valence-electron chi connectivity index (χ4n) is 0.982. The van der Waals surface area contributed by atoms with Gasteiger partial charge in [-0.05, 0) is 6.07 Å². The van der Waals surface area contributed by atoms with Crippen LogP contribution in [0.5, 0.6) is 0 Å². The Balaban J connectivity index is 3.14. The van der Waals surface area contributed by atoms with Gasteiger partial charge in [-0.1, -0.05) is 0 Å². The van der Waals surface area contributed by atoms with Gasteiger partial charge >= 0.3 is 5.97 Å². The summed E-state index contributed by atoms with van der Waals surface area (Å²) in [5.41, 5.74) is -0.235. The molecule has 7 heteroatoms. The van der Waals surface area contributed by atoms with Gasteiger partial charge in [-0.2, -0.15) is 0 Å². The Morgan fingerprint density at radius 2 is 2.38 bits per heavy atom. The molecule has 0 aromatic carbocycles. The average Bonchev–Trinajstić information content (AvgIpc) is 2.28. The Kier molecular flexibility index (Phi) is 3.54. The second kappa shape index (κ2) is 4.87. The lowest BCUT2D eigenvalue weighted by molar-refractivity contribution is -0.385. The van der Waals surface area contributed by atoms with Crippen molar-refractivity contribution in [2.75, 3.05) is 7.11 Å². The number of nitro groups is 1. The largest absolute Gasteiger partial charge is 0.502 e. The van der Waals surface area contributed by atoms with Crippen LogP contribution in [0.2, 0.25) is 0 Å². The van der Waals surface area contributed by atoms with Crippen molar-refractivity contribution in [2.45, 2.75) is 0 Å². The molecule has 0 amide bonds. The summed E-state index contributed by atoms with van der Waals surface area (Å²) >= 11 is 0. The maximum Gasteiger partial charge on any atom is 0.373 e. The molecule has 0 aliphatic heterocycles. The third-order valence-corrected chi connectivity index (χ3v) is 1.72. The molecule has 0 radical (unpaired) electrons. The van der Waals surface area contributed by atoms with Crippen LogP contribution >= 0.6 is 0 Å². The van der Waals surface area contributed by atoms with Crippen molar-refractivity contribution in [1.29, 1.82) is 0 Å². The number of pyridine rings is 1. The van der Waals surface area contributed by atoms with E-state index >= 15 is 0 Å². The summed E-state index contributed by atoms with van der Waals surface area (Å²) in [6, 6.07) is 1.30. The highest BCUT2D eigenvalue weighted by Crippen LogP contribution is 2.18. The number of carbonyl (C=O) groups is 1. The number of rotatable bonds is 3. The summed E-state index contributed by atoms with van der Waals surface area (Å²) in [7, 11) is 1.09. The molecule has 1 aromatic rings. The van der Waals surface area contributed by atoms with E-state index < -0.39 is 16.7 Å². The van der Waals surface area contributed by atoms with Gasteiger partial charge in [-0.15, -0.1) is 0 Å². The molecular weight excluding hydrogens is 216 g/mol. The Bertz CT molecular complexity index is 455. The number of ether oxygens (including phenoxy) is 1. The lowest BCUT2D eigenvalue weighted by Crippen LogP contribution is -2.04. The molecule has 0 aliphatic carbocycles. The van der Waals surface area contributed by atoms with Gasteiger partial charge in [0, 0.05) is 12.3 Å². The first kappa shape index (κ1) is 11.6. The van der Waals surface area contributed by atoms with Gasteiger partial charge in [-0.3, -0.25) is 15.1 Å². The number of aliphatic hydroxyl groups is 1. The zero-order valence-corrected chi connectivity index (χ0v) is 8.28. The smallest absolute Gasteiger partial charge is 0.373 e. The summed E-state index contributed by atoms with van der Waals surface area (Å²) in [4.78, 5) is 24.4. The number of methoxy groups -OCH3 is 1. The molecule has 1 aromatic heterocycles. The van der Waals surface area contributed by atoms with Gasteiger partial charge in [0.2, 0.25) is 5.76 Å². The van der Waals surface area contributed by atoms with Gasteiger partial charge in [-0.25, -0.2) is 4.79 Å². The molecule has 0 fully saturated rings. The van der Waals surface area contributed by atoms with Gasteiger partial charge in [0.05, 0.1) is 17.6 Å². The molecule has 84 valence electrons. The number of hydrogen-bond acceptors (Lipinski definition) is 6. The summed E-state index contributed by atoms with van der Waals surface area (Å²) in [5, 5.41) is 19.8. The molecule has 16 heavy (non-hydrogen) atoms. The van der Waals surface area contributed by atoms with E-state index in [1.54, 1.807) is 0 Å². The van der Waals surface area contributed by atoms with Crippen LogP contribution in [0.1, 0.15) is 5.56 Å². The molecule has 1 N–H and O–H groups in total. The summed E-state index contributed by atoms with van der Waals surface area (Å²) < 4.78 is 4.24. The Morgan fingerprint density at radius 3 is 2.94 bits per heavy atom. The van der Waals surface area contributed by atoms with Crippen LogP contribution in [-0.4, -0.2) is 28.1 Å². The van der Waals surface area contributed by atoms with Crippen LogP contribution in [0.25, 0.3) is 6.08 Å². The third kappa shape index (κ3) is 2.53. The number of nitrogens with zero attached hydrogens (tertiary/aromatic N) is 2. The zero-order chi connectivity index (χ0) is 12.1. The fourth-order valence-corrected chi connectivity index (χ4v) is 0.982. The van der Waals surface area contributed by atoms with Crippen LogP contribution in [-0.2, 0) is 9.53 Å². The molecule has 0 aliphatic rings. The normalized spacial score (nSPS) is 10.9. The quantitative estimate of drug-likeness (QED) is 0.271. The number of hydrogen-bond donors (Lipinski definition) is 1. The highest BCUT2D eigenvalue weighted by Gasteiger charge is 2.14. The standard InChI is InChI=1S/C9H8N2O5/c1-16-9(13)8(12)4-6-2-3-10-5-7(6)11(14)15/h2-5,12H,1H3. The van der Waals surface area contributed by atoms with Crippen molar-refractivity contribution >= 4 is 17.7 Å². The molecule has 0 unspecified atom stereocenters. The number of carbonyl (C=O) groups excluding carboxylic acids is 1. The topological polar surface area (TPSA) is 103 Å². The summed E-state index contributed by atoms with van der Waals surface area (Å²) in [6.45, 7) is 0. The van der Waals surface area contributed by atoms with Crippen molar-refractivity contribution in [2.24, 2.45) is 0 Å². The van der Waals surface area contributed by atoms with Crippen molar-refractivity contribution in [3.63, 3.8) is 0 Å². The van der Waals surface area contributed by atoms with E-state index in [0.717, 1.165) is 19.4 Å². The highest BCUT2D eigenvalue weighted by atomic mass is 16.6. The highest BCUT2D eigenvalue weighted by molar-refractivity contribution is 5.91. The SMILES string of the molecule is COC(=O)C(O)=Cc1ccncc1[N+](=O)[O-]. The Labute approximate surface area is 90.1 Å². The van der Waals surface area contributed by atoms with E-state index in [2.05, 4.69) is 9.72 Å². The van der Waals surface area contributed by atoms with Crippen LogP contribution < -0.4 is 0 Å². The molecule has 1 heterocycles. The predicted octanol–water partition coefficient (Wildman–Crippen LogP) is 1.06. The van der Waals surface area contributed by atoms with Gasteiger partial charge in [0.25, 0.3) is 5.69 Å². The average molecular weight is 224 g/mol. The lowest BCUT2D eigenvalue weighted by Gasteiger charge is -1.98. The van der Waals surface area contributed by atoms with E-state index in [-0.39, 0.29) is 11.3 Å². The van der Waals surface area contributed by atoms with E-state index in [9.17, 15) is 20.0 Å². The summed E-state index contributed by atoms with van der Waals surface area (Å²) in [6.07, 6.45) is 3.28. The second-order valence-corrected chi connectivity index (χ2v) is 2.71. The van der Waals surface area contributed by atoms with Crippen molar-refractivity contribution in [3.8, 4) is 0 Å². The third-order valence-electron chi connectivity index (χ3n) is 1.72. The maximum absolute atomic E-state index is 10.9. The van der Waals surface area contributed by atoms with Gasteiger partial charge < -0.3 is 9.84 Å². The van der Waals surface area contributed by atoms with Crippen LogP contribution in [0.3, 0.4) is 0 Å². The Hall–Kier alpha value is -2.44. The minimum Gasteiger partial charge on any atom is -0.502 e. The van der Waals surface area contributed by atoms with E-state index in [4.69, 9.17) is 0 Å². The monoisotopic (exact) mass is 224 g/mol. The summed E-state index contributed by atoms with van der Waals surface area (Å²) in [5.74, 6) is -1.68. The van der Waals surface area contributed by atoms with Crippen molar-refractivity contribution < 1.29 is 19.6 Å². The second-order valence-electron chi connectivity index (χ2n) is 2.71. The van der Waals surface area contributed by atoms with Crippen LogP contribution in [0.4, 0.5) is 5.69 Å². The molecule has 0 saturated heterocycles. The molecule has 7 nitrogen and oxygen atoms in total. The first-order valence-electron chi connectivity index (χ1n) is 4.13. The Morgan fingerprint density at radius 1 is 1.69 bits per heavy atom. The maximum atomic E-state index is 10.9.